The molecule has 0 aromatic heterocycles. The molecule has 1 saturated heterocycles. The van der Waals surface area contributed by atoms with Crippen LogP contribution in [0.1, 0.15) is 42.5 Å². The number of nitrogens with zero attached hydrogens (tertiary/aromatic N) is 1. The van der Waals surface area contributed by atoms with Gasteiger partial charge in [-0.05, 0) is 31.4 Å². The average Bonchev–Trinajstić information content (AvgIpc) is 3.35. The van der Waals surface area contributed by atoms with Crippen molar-refractivity contribution in [3.8, 4) is 0 Å². The number of carbonyl (C=O) groups excluding carboxylic acids is 2. The first-order chi connectivity index (χ1) is 13.9. The minimum absolute atomic E-state index is 0.0120. The summed E-state index contributed by atoms with van der Waals surface area (Å²) in [6, 6.07) is 6.40. The molecule has 1 heterocycles. The molecule has 0 radical (unpaired) electrons. The zero-order valence-electron chi connectivity index (χ0n) is 16.4. The zero-order valence-corrected chi connectivity index (χ0v) is 17.2. The maximum absolute atomic E-state index is 12.9. The molecular formula is C20H28N2O6S. The third-order valence-electron chi connectivity index (χ3n) is 5.51. The third kappa shape index (κ3) is 5.48. The lowest BCUT2D eigenvalue weighted by atomic mass is 10.1. The van der Waals surface area contributed by atoms with Crippen LogP contribution < -0.4 is 5.32 Å². The lowest BCUT2D eigenvalue weighted by Crippen LogP contribution is -2.48. The highest BCUT2D eigenvalue weighted by Crippen LogP contribution is 2.29. The van der Waals surface area contributed by atoms with Crippen LogP contribution >= 0.6 is 0 Å². The Hall–Kier alpha value is -2.13. The summed E-state index contributed by atoms with van der Waals surface area (Å²) in [5.41, 5.74) is 0.804. The Morgan fingerprint density at radius 2 is 1.86 bits per heavy atom. The molecule has 2 N–H and O–H groups in total. The molecule has 9 heteroatoms. The minimum atomic E-state index is -3.12. The van der Waals surface area contributed by atoms with Crippen molar-refractivity contribution in [2.45, 2.75) is 44.2 Å². The van der Waals surface area contributed by atoms with Gasteiger partial charge in [0, 0.05) is 24.3 Å². The first-order valence-electron chi connectivity index (χ1n) is 10.0. The number of hydrogen-bond acceptors (Lipinski definition) is 7. The molecule has 1 amide bonds. The molecule has 29 heavy (non-hydrogen) atoms. The van der Waals surface area contributed by atoms with Crippen LogP contribution in [0, 0.1) is 0 Å². The normalized spacial score (nSPS) is 21.1. The van der Waals surface area contributed by atoms with Crippen molar-refractivity contribution in [2.24, 2.45) is 0 Å². The van der Waals surface area contributed by atoms with Gasteiger partial charge in [0.2, 0.25) is 0 Å². The second-order valence-electron chi connectivity index (χ2n) is 7.57. The monoisotopic (exact) mass is 424 g/mol. The number of benzene rings is 1. The Morgan fingerprint density at radius 3 is 2.52 bits per heavy atom. The Morgan fingerprint density at radius 1 is 1.14 bits per heavy atom. The molecule has 1 aromatic carbocycles. The standard InChI is InChI=1S/C20H28N2O6S/c23-11-10-21-18-8-4-3-7-17(18)20(25)28-13-19(24)22(15-5-1-2-6-15)16-9-12-29(26,27)14-16/h3-4,7-8,15-16,21,23H,1-2,5-6,9-14H2/t16-/m1/s1. The first kappa shape index (κ1) is 21.6. The fraction of sp³-hybridized carbons (Fsp3) is 0.600. The average molecular weight is 425 g/mol. The third-order valence-corrected chi connectivity index (χ3v) is 7.26. The van der Waals surface area contributed by atoms with Crippen molar-refractivity contribution in [3.63, 3.8) is 0 Å². The van der Waals surface area contributed by atoms with Crippen LogP contribution in [0.3, 0.4) is 0 Å². The van der Waals surface area contributed by atoms with Gasteiger partial charge in [0.1, 0.15) is 0 Å². The van der Waals surface area contributed by atoms with Crippen LogP contribution in [0.2, 0.25) is 0 Å². The number of rotatable bonds is 8. The van der Waals surface area contributed by atoms with E-state index in [9.17, 15) is 18.0 Å². The quantitative estimate of drug-likeness (QED) is 0.603. The second-order valence-corrected chi connectivity index (χ2v) is 9.80. The highest BCUT2D eigenvalue weighted by Gasteiger charge is 2.39. The lowest BCUT2D eigenvalue weighted by molar-refractivity contribution is -0.139. The van der Waals surface area contributed by atoms with E-state index in [1.807, 2.05) is 0 Å². The highest BCUT2D eigenvalue weighted by molar-refractivity contribution is 7.91. The lowest BCUT2D eigenvalue weighted by Gasteiger charge is -2.33. The summed E-state index contributed by atoms with van der Waals surface area (Å²) < 4.78 is 29.1. The Labute approximate surface area is 171 Å². The SMILES string of the molecule is O=C(OCC(=O)N(C1CCCC1)[C@@H]1CCS(=O)(=O)C1)c1ccccc1NCCO. The van der Waals surface area contributed by atoms with Crippen molar-refractivity contribution in [2.75, 3.05) is 36.6 Å². The van der Waals surface area contributed by atoms with E-state index in [0.29, 0.717) is 12.1 Å². The summed E-state index contributed by atoms with van der Waals surface area (Å²) in [6.07, 6.45) is 4.16. The van der Waals surface area contributed by atoms with E-state index in [1.165, 1.54) is 0 Å². The van der Waals surface area contributed by atoms with Crippen molar-refractivity contribution >= 4 is 27.4 Å². The number of aliphatic hydroxyl groups excluding tert-OH is 1. The number of esters is 1. The molecule has 1 aliphatic carbocycles. The molecule has 8 nitrogen and oxygen atoms in total. The highest BCUT2D eigenvalue weighted by atomic mass is 32.2. The van der Waals surface area contributed by atoms with Gasteiger partial charge in [0.05, 0.1) is 23.7 Å². The van der Waals surface area contributed by atoms with Crippen LogP contribution in [-0.4, -0.2) is 73.6 Å². The van der Waals surface area contributed by atoms with Crippen LogP contribution in [0.5, 0.6) is 0 Å². The van der Waals surface area contributed by atoms with Crippen molar-refractivity contribution in [1.29, 1.82) is 0 Å². The first-order valence-corrected chi connectivity index (χ1v) is 11.9. The number of ether oxygens (including phenoxy) is 1. The van der Waals surface area contributed by atoms with E-state index < -0.39 is 22.4 Å². The maximum atomic E-state index is 12.9. The van der Waals surface area contributed by atoms with Gasteiger partial charge in [-0.15, -0.1) is 0 Å². The molecular weight excluding hydrogens is 396 g/mol. The Kier molecular flexibility index (Phi) is 7.13. The largest absolute Gasteiger partial charge is 0.452 e. The topological polar surface area (TPSA) is 113 Å². The van der Waals surface area contributed by atoms with Crippen molar-refractivity contribution in [1.82, 2.24) is 4.90 Å². The van der Waals surface area contributed by atoms with Gasteiger partial charge >= 0.3 is 5.97 Å². The molecule has 1 saturated carbocycles. The Balaban J connectivity index is 1.66. The molecule has 0 spiro atoms. The van der Waals surface area contributed by atoms with Gasteiger partial charge in [0.25, 0.3) is 5.91 Å². The number of anilines is 1. The van der Waals surface area contributed by atoms with Crippen LogP contribution in [0.4, 0.5) is 5.69 Å². The number of amides is 1. The summed E-state index contributed by atoms with van der Waals surface area (Å²) in [6.45, 7) is -0.211. The van der Waals surface area contributed by atoms with E-state index in [1.54, 1.807) is 29.2 Å². The van der Waals surface area contributed by atoms with Gasteiger partial charge < -0.3 is 20.1 Å². The van der Waals surface area contributed by atoms with E-state index in [2.05, 4.69) is 5.32 Å². The fourth-order valence-corrected chi connectivity index (χ4v) is 5.88. The van der Waals surface area contributed by atoms with E-state index >= 15 is 0 Å². The zero-order chi connectivity index (χ0) is 20.9. The molecule has 2 aliphatic rings. The minimum Gasteiger partial charge on any atom is -0.452 e. The molecule has 2 fully saturated rings. The maximum Gasteiger partial charge on any atom is 0.340 e. The molecule has 0 bridgehead atoms. The second kappa shape index (κ2) is 9.58. The number of aliphatic hydroxyl groups is 1. The summed E-state index contributed by atoms with van der Waals surface area (Å²) in [7, 11) is -3.12. The number of para-hydroxylation sites is 1. The molecule has 1 atom stereocenters. The van der Waals surface area contributed by atoms with Gasteiger partial charge in [-0.2, -0.15) is 0 Å². The number of hydrogen-bond donors (Lipinski definition) is 2. The van der Waals surface area contributed by atoms with Crippen LogP contribution in [-0.2, 0) is 19.4 Å². The number of nitrogens with one attached hydrogen (secondary N) is 1. The van der Waals surface area contributed by atoms with Crippen molar-refractivity contribution in [3.05, 3.63) is 29.8 Å². The molecule has 160 valence electrons. The van der Waals surface area contributed by atoms with Gasteiger partial charge in [-0.3, -0.25) is 4.79 Å². The number of sulfone groups is 1. The van der Waals surface area contributed by atoms with E-state index in [4.69, 9.17) is 9.84 Å². The predicted octanol–water partition coefficient (Wildman–Crippen LogP) is 1.21. The summed E-state index contributed by atoms with van der Waals surface area (Å²) in [5.74, 6) is -0.896. The van der Waals surface area contributed by atoms with E-state index in [-0.39, 0.29) is 48.2 Å². The van der Waals surface area contributed by atoms with Crippen molar-refractivity contribution < 1.29 is 27.9 Å². The predicted molar refractivity (Wildman–Crippen MR) is 108 cm³/mol. The number of carbonyl (C=O) groups is 2. The van der Waals surface area contributed by atoms with Gasteiger partial charge in [-0.1, -0.05) is 25.0 Å². The van der Waals surface area contributed by atoms with Gasteiger partial charge in [0.15, 0.2) is 16.4 Å². The molecule has 3 rings (SSSR count). The fourth-order valence-electron chi connectivity index (χ4n) is 4.17. The Bertz CT molecular complexity index is 835. The van der Waals surface area contributed by atoms with E-state index in [0.717, 1.165) is 25.7 Å². The molecule has 1 aromatic rings. The summed E-state index contributed by atoms with van der Waals surface area (Å²) in [5, 5.41) is 11.9. The molecule has 0 unspecified atom stereocenters. The molecule has 1 aliphatic heterocycles. The summed E-state index contributed by atoms with van der Waals surface area (Å²) in [4.78, 5) is 27.1. The van der Waals surface area contributed by atoms with Crippen LogP contribution in [0.25, 0.3) is 0 Å². The summed E-state index contributed by atoms with van der Waals surface area (Å²) >= 11 is 0. The van der Waals surface area contributed by atoms with Crippen LogP contribution in [0.15, 0.2) is 24.3 Å². The van der Waals surface area contributed by atoms with Gasteiger partial charge in [-0.25, -0.2) is 13.2 Å². The smallest absolute Gasteiger partial charge is 0.340 e.